The summed E-state index contributed by atoms with van der Waals surface area (Å²) in [5, 5.41) is 28.6. The Morgan fingerprint density at radius 3 is 2.48 bits per heavy atom. The van der Waals surface area contributed by atoms with Crippen LogP contribution in [-0.4, -0.2) is 70.5 Å². The molecule has 1 aliphatic rings. The van der Waals surface area contributed by atoms with Crippen LogP contribution in [-0.2, 0) is 14.6 Å². The van der Waals surface area contributed by atoms with Gasteiger partial charge < -0.3 is 25.8 Å². The molecule has 0 bridgehead atoms. The molecular weight excluding hydrogens is 334 g/mol. The van der Waals surface area contributed by atoms with Crippen molar-refractivity contribution in [3.05, 3.63) is 27.0 Å². The fourth-order valence-corrected chi connectivity index (χ4v) is 3.39. The molecule has 1 aliphatic heterocycles. The molecule has 2 rings (SSSR count). The Hall–Kier alpha value is -1.57. The van der Waals surface area contributed by atoms with E-state index in [0.717, 1.165) is 6.20 Å². The number of aliphatic hydroxyl groups is 3. The van der Waals surface area contributed by atoms with Gasteiger partial charge in [-0.25, -0.2) is 13.2 Å². The molecule has 0 radical (unpaired) electrons. The number of rotatable bonds is 5. The number of aromatic nitrogens is 2. The maximum atomic E-state index is 12.0. The third-order valence-corrected chi connectivity index (χ3v) is 5.18. The van der Waals surface area contributed by atoms with Crippen molar-refractivity contribution in [1.82, 2.24) is 9.55 Å². The van der Waals surface area contributed by atoms with Gasteiger partial charge >= 0.3 is 5.69 Å². The number of hydrogen-bond donors (Lipinski definition) is 5. The summed E-state index contributed by atoms with van der Waals surface area (Å²) in [6.45, 7) is -0.847. The molecule has 4 atom stereocenters. The van der Waals surface area contributed by atoms with Gasteiger partial charge in [-0.2, -0.15) is 0 Å². The van der Waals surface area contributed by atoms with Crippen molar-refractivity contribution in [1.29, 1.82) is 0 Å². The van der Waals surface area contributed by atoms with Crippen LogP contribution in [0.3, 0.4) is 0 Å². The molecule has 1 aromatic heterocycles. The Labute approximate surface area is 129 Å². The van der Waals surface area contributed by atoms with Crippen molar-refractivity contribution in [2.24, 2.45) is 5.73 Å². The Morgan fingerprint density at radius 1 is 1.30 bits per heavy atom. The van der Waals surface area contributed by atoms with E-state index in [1.54, 1.807) is 0 Å². The van der Waals surface area contributed by atoms with E-state index in [4.69, 9.17) is 15.6 Å². The predicted molar refractivity (Wildman–Crippen MR) is 75.4 cm³/mol. The molecule has 0 amide bonds. The fraction of sp³-hybridized carbons (Fsp3) is 0.636. The van der Waals surface area contributed by atoms with Gasteiger partial charge in [0.1, 0.15) is 23.2 Å². The SMILES string of the molecule is NCCS(=O)(=O)c1cn([C@@H]2O[C@H](CO)[C@@H](O)[C@H]2O)c(=O)[nH]c1=O. The van der Waals surface area contributed by atoms with Crippen LogP contribution >= 0.6 is 0 Å². The quantitative estimate of drug-likeness (QED) is 0.351. The van der Waals surface area contributed by atoms with Gasteiger partial charge in [-0.1, -0.05) is 0 Å². The third-order valence-electron chi connectivity index (χ3n) is 3.45. The minimum Gasteiger partial charge on any atom is -0.394 e. The van der Waals surface area contributed by atoms with Crippen molar-refractivity contribution >= 4 is 9.84 Å². The van der Waals surface area contributed by atoms with E-state index in [0.29, 0.717) is 4.57 Å². The second-order valence-electron chi connectivity index (χ2n) is 5.00. The largest absolute Gasteiger partial charge is 0.394 e. The molecule has 0 saturated carbocycles. The lowest BCUT2D eigenvalue weighted by molar-refractivity contribution is -0.0553. The number of nitrogens with one attached hydrogen (secondary N) is 1. The smallest absolute Gasteiger partial charge is 0.330 e. The van der Waals surface area contributed by atoms with Crippen molar-refractivity contribution in [2.75, 3.05) is 18.9 Å². The van der Waals surface area contributed by atoms with E-state index < -0.39 is 62.9 Å². The van der Waals surface area contributed by atoms with Crippen molar-refractivity contribution in [3.8, 4) is 0 Å². The molecule has 130 valence electrons. The highest BCUT2D eigenvalue weighted by molar-refractivity contribution is 7.91. The highest BCUT2D eigenvalue weighted by atomic mass is 32.2. The van der Waals surface area contributed by atoms with Crippen molar-refractivity contribution in [3.63, 3.8) is 0 Å². The zero-order chi connectivity index (χ0) is 17.4. The molecule has 0 aliphatic carbocycles. The van der Waals surface area contributed by atoms with Crippen LogP contribution in [0.25, 0.3) is 0 Å². The van der Waals surface area contributed by atoms with E-state index in [1.165, 1.54) is 0 Å². The lowest BCUT2D eigenvalue weighted by atomic mass is 10.1. The monoisotopic (exact) mass is 351 g/mol. The maximum absolute atomic E-state index is 12.0. The molecule has 12 heteroatoms. The number of sulfone groups is 1. The first-order valence-corrected chi connectivity index (χ1v) is 8.29. The molecule has 0 unspecified atom stereocenters. The molecule has 11 nitrogen and oxygen atoms in total. The highest BCUT2D eigenvalue weighted by Crippen LogP contribution is 2.28. The van der Waals surface area contributed by atoms with Crippen LogP contribution in [0.1, 0.15) is 6.23 Å². The minimum absolute atomic E-state index is 0.227. The Kier molecular flexibility index (Phi) is 5.03. The first-order chi connectivity index (χ1) is 10.7. The van der Waals surface area contributed by atoms with Gasteiger partial charge in [0.25, 0.3) is 5.56 Å². The normalized spacial score (nSPS) is 28.2. The van der Waals surface area contributed by atoms with Gasteiger partial charge in [-0.15, -0.1) is 0 Å². The number of hydrogen-bond acceptors (Lipinski definition) is 9. The standard InChI is InChI=1S/C11H17N3O8S/c12-1-2-23(20,21)6-3-14(11(19)13-9(6)18)10-8(17)7(16)5(4-15)22-10/h3,5,7-8,10,15-17H,1-2,4,12H2,(H,13,18,19)/t5-,7-,8-,10-/m1/s1. The summed E-state index contributed by atoms with van der Waals surface area (Å²) < 4.78 is 29.8. The molecule has 0 spiro atoms. The Balaban J connectivity index is 2.53. The van der Waals surface area contributed by atoms with Crippen molar-refractivity contribution in [2.45, 2.75) is 29.4 Å². The van der Waals surface area contributed by atoms with Gasteiger partial charge in [0, 0.05) is 12.7 Å². The molecule has 2 heterocycles. The average Bonchev–Trinajstić information content (AvgIpc) is 2.75. The van der Waals surface area contributed by atoms with Crippen molar-refractivity contribution < 1.29 is 28.5 Å². The number of aromatic amines is 1. The topological polar surface area (TPSA) is 185 Å². The van der Waals surface area contributed by atoms with Gasteiger partial charge in [-0.05, 0) is 0 Å². The third kappa shape index (κ3) is 3.22. The number of H-pyrrole nitrogens is 1. The van der Waals surface area contributed by atoms with Crippen LogP contribution in [0, 0.1) is 0 Å². The second-order valence-corrected chi connectivity index (χ2v) is 7.07. The lowest BCUT2D eigenvalue weighted by Gasteiger charge is -2.17. The summed E-state index contributed by atoms with van der Waals surface area (Å²) in [6, 6.07) is 0. The summed E-state index contributed by atoms with van der Waals surface area (Å²) in [4.78, 5) is 24.7. The zero-order valence-corrected chi connectivity index (χ0v) is 12.6. The highest BCUT2D eigenvalue weighted by Gasteiger charge is 2.44. The molecule has 1 saturated heterocycles. The fourth-order valence-electron chi connectivity index (χ4n) is 2.25. The predicted octanol–water partition coefficient (Wildman–Crippen LogP) is -4.12. The molecule has 23 heavy (non-hydrogen) atoms. The van der Waals surface area contributed by atoms with Gasteiger partial charge in [0.15, 0.2) is 16.1 Å². The van der Waals surface area contributed by atoms with E-state index in [2.05, 4.69) is 0 Å². The van der Waals surface area contributed by atoms with E-state index in [9.17, 15) is 28.2 Å². The van der Waals surface area contributed by atoms with Crippen LogP contribution in [0.15, 0.2) is 20.7 Å². The van der Waals surface area contributed by atoms with E-state index in [-0.39, 0.29) is 6.54 Å². The minimum atomic E-state index is -4.04. The Bertz CT molecular complexity index is 785. The number of aliphatic hydroxyl groups excluding tert-OH is 3. The Morgan fingerprint density at radius 2 is 1.96 bits per heavy atom. The van der Waals surface area contributed by atoms with E-state index >= 15 is 0 Å². The first-order valence-electron chi connectivity index (χ1n) is 6.63. The average molecular weight is 351 g/mol. The van der Waals surface area contributed by atoms with Crippen LogP contribution in [0.5, 0.6) is 0 Å². The van der Waals surface area contributed by atoms with Crippen LogP contribution in [0.4, 0.5) is 0 Å². The molecular formula is C11H17N3O8S. The van der Waals surface area contributed by atoms with E-state index in [1.807, 2.05) is 4.98 Å². The van der Waals surface area contributed by atoms with Crippen LogP contribution in [0.2, 0.25) is 0 Å². The number of ether oxygens (including phenoxy) is 1. The second kappa shape index (κ2) is 6.51. The molecule has 0 aromatic carbocycles. The van der Waals surface area contributed by atoms with Gasteiger partial charge in [0.05, 0.1) is 12.4 Å². The maximum Gasteiger partial charge on any atom is 0.330 e. The molecule has 6 N–H and O–H groups in total. The number of nitrogens with two attached hydrogens (primary N) is 1. The summed E-state index contributed by atoms with van der Waals surface area (Å²) in [7, 11) is -4.04. The summed E-state index contributed by atoms with van der Waals surface area (Å²) in [5.74, 6) is -0.510. The zero-order valence-electron chi connectivity index (χ0n) is 11.8. The molecule has 1 fully saturated rings. The van der Waals surface area contributed by atoms with Gasteiger partial charge in [-0.3, -0.25) is 14.3 Å². The number of nitrogens with zero attached hydrogens (tertiary/aromatic N) is 1. The summed E-state index contributed by atoms with van der Waals surface area (Å²) >= 11 is 0. The lowest BCUT2D eigenvalue weighted by Crippen LogP contribution is -2.39. The first kappa shape index (κ1) is 17.8. The van der Waals surface area contributed by atoms with Crippen LogP contribution < -0.4 is 17.0 Å². The molecule has 1 aromatic rings. The summed E-state index contributed by atoms with van der Waals surface area (Å²) in [5.41, 5.74) is 3.03. The summed E-state index contributed by atoms with van der Waals surface area (Å²) in [6.07, 6.45) is -4.96. The van der Waals surface area contributed by atoms with Gasteiger partial charge in [0.2, 0.25) is 0 Å².